The van der Waals surface area contributed by atoms with Gasteiger partial charge in [-0.15, -0.1) is 0 Å². The summed E-state index contributed by atoms with van der Waals surface area (Å²) < 4.78 is 76.2. The molecule has 1 heterocycles. The average molecular weight is 430 g/mol. The molecule has 1 aliphatic heterocycles. The van der Waals surface area contributed by atoms with Gasteiger partial charge in [-0.3, -0.25) is 0 Å². The van der Waals surface area contributed by atoms with Gasteiger partial charge < -0.3 is 14.8 Å². The van der Waals surface area contributed by atoms with Gasteiger partial charge in [0.2, 0.25) is 34.8 Å². The first-order valence-corrected chi connectivity index (χ1v) is 8.23. The van der Waals surface area contributed by atoms with E-state index in [0.29, 0.717) is 5.56 Å². The maximum Gasteiger partial charge on any atom is 0.419 e. The van der Waals surface area contributed by atoms with Crippen molar-refractivity contribution in [2.45, 2.75) is 12.6 Å². The molecule has 0 aliphatic carbocycles. The predicted molar refractivity (Wildman–Crippen MR) is 87.5 cm³/mol. The first-order valence-electron chi connectivity index (χ1n) is 8.23. The first kappa shape index (κ1) is 21.0. The fraction of sp³-hybridized carbons (Fsp3) is 0.167. The van der Waals surface area contributed by atoms with Gasteiger partial charge in [-0.05, 0) is 5.56 Å². The highest BCUT2D eigenvalue weighted by molar-refractivity contribution is 5.99. The second-order valence-corrected chi connectivity index (χ2v) is 5.93. The molecule has 1 N–H and O–H groups in total. The molecule has 1 fully saturated rings. The van der Waals surface area contributed by atoms with Crippen LogP contribution in [0.5, 0.6) is 5.75 Å². The van der Waals surface area contributed by atoms with E-state index in [1.807, 2.05) is 0 Å². The van der Waals surface area contributed by atoms with Gasteiger partial charge in [-0.25, -0.2) is 32.5 Å². The summed E-state index contributed by atoms with van der Waals surface area (Å²) in [5.74, 6) is -15.3. The molecule has 0 aromatic heterocycles. The van der Waals surface area contributed by atoms with Gasteiger partial charge in [0.05, 0.1) is 6.54 Å². The van der Waals surface area contributed by atoms with E-state index in [0.717, 1.165) is 0 Å². The number of halogens is 5. The Morgan fingerprint density at radius 2 is 1.53 bits per heavy atom. The molecule has 0 saturated carbocycles. The molecule has 1 atom stereocenters. The van der Waals surface area contributed by atoms with E-state index in [1.165, 1.54) is 0 Å². The molecule has 2 aromatic carbocycles. The molecule has 7 nitrogen and oxygen atoms in total. The van der Waals surface area contributed by atoms with Crippen molar-refractivity contribution in [2.24, 2.45) is 0 Å². The molecule has 0 spiro atoms. The summed E-state index contributed by atoms with van der Waals surface area (Å²) in [5, 5.41) is 2.12. The standard InChI is InChI=1S/C18H11F5N2O5/c19-10-11(20)13(22)15(14(23)12(10)21)30-16(26)9-6-24-17(27)25(9)18(28)29-7-8-4-2-1-3-5-8/h1-5,9H,6-7H2,(H,24,27). The fourth-order valence-corrected chi connectivity index (χ4v) is 2.53. The predicted octanol–water partition coefficient (Wildman–Crippen LogP) is 3.02. The van der Waals surface area contributed by atoms with Crippen LogP contribution >= 0.6 is 0 Å². The Labute approximate surface area is 165 Å². The summed E-state index contributed by atoms with van der Waals surface area (Å²) in [5.41, 5.74) is 0.561. The lowest BCUT2D eigenvalue weighted by molar-refractivity contribution is -0.138. The van der Waals surface area contributed by atoms with Crippen LogP contribution < -0.4 is 10.1 Å². The monoisotopic (exact) mass is 430 g/mol. The van der Waals surface area contributed by atoms with Crippen LogP contribution in [0.2, 0.25) is 0 Å². The lowest BCUT2D eigenvalue weighted by Gasteiger charge is -2.19. The van der Waals surface area contributed by atoms with E-state index in [1.54, 1.807) is 30.3 Å². The summed E-state index contributed by atoms with van der Waals surface area (Å²) in [6.07, 6.45) is -1.28. The van der Waals surface area contributed by atoms with E-state index < -0.39 is 65.5 Å². The van der Waals surface area contributed by atoms with Gasteiger partial charge in [0.25, 0.3) is 0 Å². The van der Waals surface area contributed by atoms with Crippen molar-refractivity contribution in [1.29, 1.82) is 0 Å². The fourth-order valence-electron chi connectivity index (χ4n) is 2.53. The Hall–Kier alpha value is -3.70. The third-order valence-corrected chi connectivity index (χ3v) is 4.02. The number of nitrogens with one attached hydrogen (secondary N) is 1. The van der Waals surface area contributed by atoms with Gasteiger partial charge in [0.15, 0.2) is 6.04 Å². The van der Waals surface area contributed by atoms with E-state index in [-0.39, 0.29) is 11.5 Å². The highest BCUT2D eigenvalue weighted by Crippen LogP contribution is 2.29. The lowest BCUT2D eigenvalue weighted by atomic mass is 10.2. The Morgan fingerprint density at radius 3 is 2.13 bits per heavy atom. The highest BCUT2D eigenvalue weighted by Gasteiger charge is 2.43. The number of amides is 3. The Balaban J connectivity index is 1.77. The normalized spacial score (nSPS) is 15.7. The summed E-state index contributed by atoms with van der Waals surface area (Å²) >= 11 is 0. The SMILES string of the molecule is O=C(Oc1c(F)c(F)c(F)c(F)c1F)C1CNC(=O)N1C(=O)OCc1ccccc1. The molecule has 3 rings (SSSR count). The van der Waals surface area contributed by atoms with E-state index in [4.69, 9.17) is 4.74 Å². The van der Waals surface area contributed by atoms with Crippen LogP contribution in [0, 0.1) is 29.1 Å². The summed E-state index contributed by atoms with van der Waals surface area (Å²) in [6.45, 7) is -0.795. The van der Waals surface area contributed by atoms with Crippen LogP contribution in [-0.4, -0.2) is 35.6 Å². The zero-order valence-corrected chi connectivity index (χ0v) is 14.8. The number of carbonyl (C=O) groups excluding carboxylic acids is 3. The average Bonchev–Trinajstić information content (AvgIpc) is 3.14. The molecule has 3 amide bonds. The second-order valence-electron chi connectivity index (χ2n) is 5.93. The zero-order valence-electron chi connectivity index (χ0n) is 14.8. The Bertz CT molecular complexity index is 989. The summed E-state index contributed by atoms with van der Waals surface area (Å²) in [7, 11) is 0. The number of nitrogens with zero attached hydrogens (tertiary/aromatic N) is 1. The van der Waals surface area contributed by atoms with Crippen LogP contribution in [0.1, 0.15) is 5.56 Å². The molecular formula is C18H11F5N2O5. The van der Waals surface area contributed by atoms with Crippen molar-refractivity contribution in [3.63, 3.8) is 0 Å². The van der Waals surface area contributed by atoms with Crippen LogP contribution in [0.3, 0.4) is 0 Å². The van der Waals surface area contributed by atoms with Crippen molar-refractivity contribution >= 4 is 18.1 Å². The van der Waals surface area contributed by atoms with Crippen molar-refractivity contribution < 1.29 is 45.8 Å². The number of imide groups is 1. The van der Waals surface area contributed by atoms with Gasteiger partial charge >= 0.3 is 18.1 Å². The van der Waals surface area contributed by atoms with Crippen molar-refractivity contribution in [3.8, 4) is 5.75 Å². The van der Waals surface area contributed by atoms with Gasteiger partial charge in [-0.1, -0.05) is 30.3 Å². The maximum absolute atomic E-state index is 13.7. The minimum absolute atomic E-state index is 0.261. The lowest BCUT2D eigenvalue weighted by Crippen LogP contribution is -2.45. The molecule has 2 aromatic rings. The van der Waals surface area contributed by atoms with Crippen molar-refractivity contribution in [2.75, 3.05) is 6.54 Å². The molecule has 0 radical (unpaired) electrons. The Kier molecular flexibility index (Phi) is 5.85. The molecule has 158 valence electrons. The second kappa shape index (κ2) is 8.35. The van der Waals surface area contributed by atoms with Crippen LogP contribution in [0.25, 0.3) is 0 Å². The van der Waals surface area contributed by atoms with Crippen LogP contribution in [0.15, 0.2) is 30.3 Å². The molecule has 1 saturated heterocycles. The van der Waals surface area contributed by atoms with Gasteiger partial charge in [0, 0.05) is 0 Å². The van der Waals surface area contributed by atoms with E-state index in [9.17, 15) is 36.3 Å². The summed E-state index contributed by atoms with van der Waals surface area (Å²) in [4.78, 5) is 36.6. The largest absolute Gasteiger partial charge is 0.444 e. The van der Waals surface area contributed by atoms with Crippen LogP contribution in [0.4, 0.5) is 31.5 Å². The van der Waals surface area contributed by atoms with Gasteiger partial charge in [-0.2, -0.15) is 8.78 Å². The summed E-state index contributed by atoms with van der Waals surface area (Å²) in [6, 6.07) is 5.43. The number of esters is 1. The number of hydrogen-bond donors (Lipinski definition) is 1. The minimum Gasteiger partial charge on any atom is -0.444 e. The minimum atomic E-state index is -2.44. The van der Waals surface area contributed by atoms with E-state index in [2.05, 4.69) is 10.1 Å². The van der Waals surface area contributed by atoms with Crippen LogP contribution in [-0.2, 0) is 16.1 Å². The number of urea groups is 1. The van der Waals surface area contributed by atoms with Gasteiger partial charge in [0.1, 0.15) is 6.61 Å². The number of carbonyl (C=O) groups is 3. The number of benzene rings is 2. The number of hydrogen-bond acceptors (Lipinski definition) is 5. The number of rotatable bonds is 4. The van der Waals surface area contributed by atoms with Crippen molar-refractivity contribution in [1.82, 2.24) is 10.2 Å². The third kappa shape index (κ3) is 3.88. The molecule has 30 heavy (non-hydrogen) atoms. The third-order valence-electron chi connectivity index (χ3n) is 4.02. The number of ether oxygens (including phenoxy) is 2. The molecule has 1 unspecified atom stereocenters. The quantitative estimate of drug-likeness (QED) is 0.265. The van der Waals surface area contributed by atoms with Crippen molar-refractivity contribution in [3.05, 3.63) is 65.0 Å². The zero-order chi connectivity index (χ0) is 22.0. The molecule has 12 heteroatoms. The smallest absolute Gasteiger partial charge is 0.419 e. The highest BCUT2D eigenvalue weighted by atomic mass is 19.2. The topological polar surface area (TPSA) is 84.9 Å². The van der Waals surface area contributed by atoms with E-state index >= 15 is 0 Å². The molecular weight excluding hydrogens is 419 g/mol. The Morgan fingerprint density at radius 1 is 0.967 bits per heavy atom. The molecule has 1 aliphatic rings. The molecule has 0 bridgehead atoms. The maximum atomic E-state index is 13.7. The first-order chi connectivity index (χ1) is 14.2.